The normalized spacial score (nSPS) is 13.3. The summed E-state index contributed by atoms with van der Waals surface area (Å²) in [5.41, 5.74) is -0.705. The van der Waals surface area contributed by atoms with Gasteiger partial charge in [0, 0.05) is 12.2 Å². The zero-order chi connectivity index (χ0) is 15.6. The quantitative estimate of drug-likeness (QED) is 0.750. The van der Waals surface area contributed by atoms with Gasteiger partial charge in [0.15, 0.2) is 0 Å². The Balaban J connectivity index is 2.94. The van der Waals surface area contributed by atoms with E-state index in [0.29, 0.717) is 6.54 Å². The zero-order valence-corrected chi connectivity index (χ0v) is 13.5. The van der Waals surface area contributed by atoms with Crippen molar-refractivity contribution in [3.05, 3.63) is 24.3 Å². The van der Waals surface area contributed by atoms with Crippen LogP contribution < -0.4 is 10.0 Å². The summed E-state index contributed by atoms with van der Waals surface area (Å²) in [6.07, 6.45) is 0. The third-order valence-corrected chi connectivity index (χ3v) is 5.05. The smallest absolute Gasteiger partial charge is 0.240 e. The van der Waals surface area contributed by atoms with Crippen LogP contribution in [0, 0.1) is 0 Å². The second kappa shape index (κ2) is 5.71. The molecule has 0 atom stereocenters. The number of nitrogens with one attached hydrogen (secondary N) is 2. The van der Waals surface area contributed by atoms with Gasteiger partial charge in [-0.15, -0.1) is 0 Å². The number of hydrogen-bond donors (Lipinski definition) is 3. The van der Waals surface area contributed by atoms with E-state index in [-0.39, 0.29) is 4.90 Å². The van der Waals surface area contributed by atoms with Gasteiger partial charge in [0.2, 0.25) is 10.0 Å². The Labute approximate surface area is 121 Å². The van der Waals surface area contributed by atoms with Gasteiger partial charge in [0.1, 0.15) is 0 Å². The monoisotopic (exact) mass is 300 g/mol. The molecule has 1 rings (SSSR count). The highest BCUT2D eigenvalue weighted by Gasteiger charge is 2.34. The van der Waals surface area contributed by atoms with Crippen molar-refractivity contribution >= 4 is 15.7 Å². The summed E-state index contributed by atoms with van der Waals surface area (Å²) >= 11 is 0. The van der Waals surface area contributed by atoms with Crippen molar-refractivity contribution < 1.29 is 13.5 Å². The first-order valence-corrected chi connectivity index (χ1v) is 8.08. The average Bonchev–Trinajstić information content (AvgIpc) is 2.27. The molecule has 0 spiro atoms. The molecule has 1 aromatic rings. The fraction of sp³-hybridized carbons (Fsp3) is 0.571. The molecule has 0 heterocycles. The van der Waals surface area contributed by atoms with E-state index in [0.717, 1.165) is 5.69 Å². The Morgan fingerprint density at radius 1 is 1.10 bits per heavy atom. The molecule has 114 valence electrons. The first-order chi connectivity index (χ1) is 8.99. The van der Waals surface area contributed by atoms with Crippen LogP contribution in [-0.4, -0.2) is 31.2 Å². The van der Waals surface area contributed by atoms with Crippen LogP contribution in [-0.2, 0) is 10.0 Å². The lowest BCUT2D eigenvalue weighted by Gasteiger charge is -2.38. The first-order valence-electron chi connectivity index (χ1n) is 6.60. The minimum atomic E-state index is -3.43. The maximum absolute atomic E-state index is 11.8. The van der Waals surface area contributed by atoms with Crippen LogP contribution in [0.4, 0.5) is 5.69 Å². The molecular weight excluding hydrogens is 276 g/mol. The van der Waals surface area contributed by atoms with Crippen LogP contribution >= 0.6 is 0 Å². The highest BCUT2D eigenvalue weighted by Crippen LogP contribution is 2.26. The minimum Gasteiger partial charge on any atom is -0.388 e. The molecule has 5 nitrogen and oxygen atoms in total. The molecule has 0 saturated heterocycles. The van der Waals surface area contributed by atoms with E-state index in [1.165, 1.54) is 0 Å². The molecule has 0 bridgehead atoms. The molecule has 0 fully saturated rings. The Kier molecular flexibility index (Phi) is 4.84. The van der Waals surface area contributed by atoms with Crippen LogP contribution in [0.5, 0.6) is 0 Å². The lowest BCUT2D eigenvalue weighted by Crippen LogP contribution is -2.51. The van der Waals surface area contributed by atoms with Crippen molar-refractivity contribution in [1.29, 1.82) is 0 Å². The van der Waals surface area contributed by atoms with Gasteiger partial charge < -0.3 is 10.4 Å². The van der Waals surface area contributed by atoms with Gasteiger partial charge in [-0.2, -0.15) is 0 Å². The van der Waals surface area contributed by atoms with Gasteiger partial charge in [0.05, 0.1) is 16.0 Å². The van der Waals surface area contributed by atoms with Gasteiger partial charge in [-0.3, -0.25) is 0 Å². The lowest BCUT2D eigenvalue weighted by molar-refractivity contribution is 0.0240. The van der Waals surface area contributed by atoms with Crippen molar-refractivity contribution in [3.63, 3.8) is 0 Å². The zero-order valence-electron chi connectivity index (χ0n) is 12.7. The van der Waals surface area contributed by atoms with Crippen molar-refractivity contribution in [2.45, 2.75) is 50.7 Å². The molecular formula is C14H24N2O3S. The summed E-state index contributed by atoms with van der Waals surface area (Å²) < 4.78 is 26.1. The SMILES string of the molecule is CCNS(=O)(=O)c1ccc(NC(C)(C)C(C)(C)O)cc1. The van der Waals surface area contributed by atoms with Crippen LogP contribution in [0.1, 0.15) is 34.6 Å². The second-order valence-corrected chi connectivity index (χ2v) is 7.60. The third kappa shape index (κ3) is 3.94. The number of anilines is 1. The van der Waals surface area contributed by atoms with E-state index in [1.54, 1.807) is 45.0 Å². The molecule has 0 unspecified atom stereocenters. The first kappa shape index (κ1) is 16.9. The lowest BCUT2D eigenvalue weighted by atomic mass is 9.86. The molecule has 0 aliphatic carbocycles. The molecule has 0 aliphatic heterocycles. The minimum absolute atomic E-state index is 0.228. The molecule has 1 aromatic carbocycles. The summed E-state index contributed by atoms with van der Waals surface area (Å²) in [6.45, 7) is 9.31. The molecule has 0 aromatic heterocycles. The topological polar surface area (TPSA) is 78.4 Å². The fourth-order valence-electron chi connectivity index (χ4n) is 1.50. The molecule has 0 amide bonds. The molecule has 3 N–H and O–H groups in total. The molecule has 0 aliphatic rings. The Bertz CT molecular complexity index is 543. The summed E-state index contributed by atoms with van der Waals surface area (Å²) in [6, 6.07) is 6.47. The molecule has 6 heteroatoms. The average molecular weight is 300 g/mol. The number of sulfonamides is 1. The van der Waals surface area contributed by atoms with Crippen molar-refractivity contribution in [1.82, 2.24) is 4.72 Å². The van der Waals surface area contributed by atoms with Crippen LogP contribution in [0.3, 0.4) is 0 Å². The van der Waals surface area contributed by atoms with Gasteiger partial charge in [-0.1, -0.05) is 6.92 Å². The summed E-state index contributed by atoms with van der Waals surface area (Å²) in [5.74, 6) is 0. The van der Waals surface area contributed by atoms with Crippen molar-refractivity contribution in [2.75, 3.05) is 11.9 Å². The molecule has 20 heavy (non-hydrogen) atoms. The van der Waals surface area contributed by atoms with Crippen LogP contribution in [0.25, 0.3) is 0 Å². The van der Waals surface area contributed by atoms with Gasteiger partial charge in [-0.05, 0) is 52.0 Å². The number of benzene rings is 1. The molecule has 0 saturated carbocycles. The van der Waals surface area contributed by atoms with E-state index in [1.807, 2.05) is 13.8 Å². The van der Waals surface area contributed by atoms with Crippen molar-refractivity contribution in [3.8, 4) is 0 Å². The summed E-state index contributed by atoms with van der Waals surface area (Å²) in [5, 5.41) is 13.3. The summed E-state index contributed by atoms with van der Waals surface area (Å²) in [7, 11) is -3.43. The number of hydrogen-bond acceptors (Lipinski definition) is 4. The predicted octanol–water partition coefficient (Wildman–Crippen LogP) is 1.95. The third-order valence-electron chi connectivity index (χ3n) is 3.49. The fourth-order valence-corrected chi connectivity index (χ4v) is 2.55. The maximum Gasteiger partial charge on any atom is 0.240 e. The van der Waals surface area contributed by atoms with E-state index in [4.69, 9.17) is 0 Å². The van der Waals surface area contributed by atoms with Gasteiger partial charge in [-0.25, -0.2) is 13.1 Å². The standard InChI is InChI=1S/C14H24N2O3S/c1-6-15-20(18,19)12-9-7-11(8-10-12)16-13(2,3)14(4,5)17/h7-10,15-17H,6H2,1-5H3. The van der Waals surface area contributed by atoms with Gasteiger partial charge in [0.25, 0.3) is 0 Å². The highest BCUT2D eigenvalue weighted by molar-refractivity contribution is 7.89. The Hall–Kier alpha value is -1.11. The largest absolute Gasteiger partial charge is 0.388 e. The van der Waals surface area contributed by atoms with Crippen LogP contribution in [0.15, 0.2) is 29.2 Å². The van der Waals surface area contributed by atoms with E-state index in [2.05, 4.69) is 10.0 Å². The molecule has 0 radical (unpaired) electrons. The summed E-state index contributed by atoms with van der Waals surface area (Å²) in [4.78, 5) is 0.228. The van der Waals surface area contributed by atoms with E-state index < -0.39 is 21.2 Å². The van der Waals surface area contributed by atoms with Crippen LogP contribution in [0.2, 0.25) is 0 Å². The van der Waals surface area contributed by atoms with E-state index in [9.17, 15) is 13.5 Å². The van der Waals surface area contributed by atoms with Crippen molar-refractivity contribution in [2.24, 2.45) is 0 Å². The van der Waals surface area contributed by atoms with Gasteiger partial charge >= 0.3 is 0 Å². The Morgan fingerprint density at radius 3 is 2.00 bits per heavy atom. The highest BCUT2D eigenvalue weighted by atomic mass is 32.2. The van der Waals surface area contributed by atoms with E-state index >= 15 is 0 Å². The number of rotatable bonds is 6. The predicted molar refractivity (Wildman–Crippen MR) is 81.3 cm³/mol. The second-order valence-electron chi connectivity index (χ2n) is 5.83. The maximum atomic E-state index is 11.8. The Morgan fingerprint density at radius 2 is 1.60 bits per heavy atom. The number of aliphatic hydroxyl groups is 1.